The second kappa shape index (κ2) is 10.9. The molecule has 0 bridgehead atoms. The van der Waals surface area contributed by atoms with Crippen LogP contribution in [0.3, 0.4) is 0 Å². The van der Waals surface area contributed by atoms with Gasteiger partial charge in [0.05, 0.1) is 0 Å². The summed E-state index contributed by atoms with van der Waals surface area (Å²) >= 11 is 0. The average Bonchev–Trinajstić information content (AvgIpc) is 2.82. The highest BCUT2D eigenvalue weighted by Crippen LogP contribution is 2.30. The molecule has 9 heteroatoms. The lowest BCUT2D eigenvalue weighted by molar-refractivity contribution is -0.274. The first-order chi connectivity index (χ1) is 16.8. The zero-order valence-electron chi connectivity index (χ0n) is 19.6. The van der Waals surface area contributed by atoms with Gasteiger partial charge in [-0.1, -0.05) is 48.0 Å². The lowest BCUT2D eigenvalue weighted by Crippen LogP contribution is -2.29. The number of nitrogens with two attached hydrogens (primary N) is 1. The molecule has 186 valence electrons. The van der Waals surface area contributed by atoms with Gasteiger partial charge in [-0.25, -0.2) is 4.98 Å². The Labute approximate surface area is 203 Å². The number of para-hydroxylation sites is 1. The molecule has 0 saturated heterocycles. The Morgan fingerprint density at radius 1 is 1.03 bits per heavy atom. The fraction of sp³-hybridized carbons (Fsp3) is 0.385. The molecule has 1 aromatic heterocycles. The Kier molecular flexibility index (Phi) is 7.75. The molecule has 1 saturated carbocycles. The van der Waals surface area contributed by atoms with E-state index in [4.69, 9.17) is 5.73 Å². The monoisotopic (exact) mass is 485 g/mol. The number of alkyl halides is 3. The van der Waals surface area contributed by atoms with Crippen LogP contribution < -0.4 is 21.1 Å². The summed E-state index contributed by atoms with van der Waals surface area (Å²) in [5, 5.41) is 6.53. The Bertz CT molecular complexity index is 1130. The number of aryl methyl sites for hydroxylation is 1. The van der Waals surface area contributed by atoms with E-state index in [9.17, 15) is 13.2 Å². The largest absolute Gasteiger partial charge is 0.573 e. The molecule has 35 heavy (non-hydrogen) atoms. The summed E-state index contributed by atoms with van der Waals surface area (Å²) in [6, 6.07) is 14.4. The standard InChI is InChI=1S/C26H30F3N5O/c1-17-5-4-7-19(13-17)22-16-33-25(34-24(22)31-14-18-9-11-21(30)12-10-18)32-15-20-6-2-3-8-23(20)35-26(27,28)29/h2-8,13,16,18,21H,9-12,14-15,30H2,1H3,(H2,31,32,33,34). The van der Waals surface area contributed by atoms with E-state index in [0.717, 1.165) is 48.9 Å². The molecule has 1 fully saturated rings. The van der Waals surface area contributed by atoms with Gasteiger partial charge in [-0.15, -0.1) is 13.2 Å². The van der Waals surface area contributed by atoms with Crippen molar-refractivity contribution in [3.05, 3.63) is 65.9 Å². The molecule has 0 unspecified atom stereocenters. The molecular weight excluding hydrogens is 455 g/mol. The van der Waals surface area contributed by atoms with E-state index in [1.807, 2.05) is 25.1 Å². The number of halogens is 3. The van der Waals surface area contributed by atoms with Crippen LogP contribution in [0.2, 0.25) is 0 Å². The van der Waals surface area contributed by atoms with E-state index >= 15 is 0 Å². The van der Waals surface area contributed by atoms with Crippen LogP contribution in [0.15, 0.2) is 54.7 Å². The van der Waals surface area contributed by atoms with E-state index < -0.39 is 6.36 Å². The minimum atomic E-state index is -4.76. The van der Waals surface area contributed by atoms with E-state index in [0.29, 0.717) is 23.2 Å². The molecule has 3 aromatic rings. The summed E-state index contributed by atoms with van der Waals surface area (Å²) in [7, 11) is 0. The van der Waals surface area contributed by atoms with Gasteiger partial charge in [0.2, 0.25) is 5.95 Å². The van der Waals surface area contributed by atoms with Gasteiger partial charge < -0.3 is 21.1 Å². The Morgan fingerprint density at radius 3 is 2.54 bits per heavy atom. The van der Waals surface area contributed by atoms with Crippen molar-refractivity contribution in [1.82, 2.24) is 9.97 Å². The smallest absolute Gasteiger partial charge is 0.405 e. The molecule has 2 aromatic carbocycles. The third-order valence-electron chi connectivity index (χ3n) is 6.20. The molecule has 1 aliphatic carbocycles. The zero-order chi connectivity index (χ0) is 24.8. The molecular formula is C26H30F3N5O. The second-order valence-corrected chi connectivity index (χ2v) is 9.00. The number of nitrogens with zero attached hydrogens (tertiary/aromatic N) is 2. The molecule has 4 rings (SSSR count). The summed E-state index contributed by atoms with van der Waals surface area (Å²) < 4.78 is 42.4. The van der Waals surface area contributed by atoms with Gasteiger partial charge >= 0.3 is 6.36 Å². The van der Waals surface area contributed by atoms with Crippen molar-refractivity contribution in [2.45, 2.75) is 51.6 Å². The van der Waals surface area contributed by atoms with Crippen LogP contribution in [0, 0.1) is 12.8 Å². The second-order valence-electron chi connectivity index (χ2n) is 9.00. The molecule has 6 nitrogen and oxygen atoms in total. The normalized spacial score (nSPS) is 18.2. The zero-order valence-corrected chi connectivity index (χ0v) is 19.6. The molecule has 4 N–H and O–H groups in total. The van der Waals surface area contributed by atoms with Gasteiger partial charge in [-0.2, -0.15) is 4.98 Å². The molecule has 1 aliphatic rings. The molecule has 0 spiro atoms. The first-order valence-corrected chi connectivity index (χ1v) is 11.8. The molecule has 0 atom stereocenters. The van der Waals surface area contributed by atoms with Crippen LogP contribution in [0.4, 0.5) is 24.9 Å². The lowest BCUT2D eigenvalue weighted by atomic mass is 9.86. The van der Waals surface area contributed by atoms with E-state index in [2.05, 4.69) is 31.4 Å². The van der Waals surface area contributed by atoms with Crippen molar-refractivity contribution in [3.63, 3.8) is 0 Å². The topological polar surface area (TPSA) is 85.1 Å². The van der Waals surface area contributed by atoms with Gasteiger partial charge in [-0.05, 0) is 50.2 Å². The molecule has 1 heterocycles. The number of aromatic nitrogens is 2. The minimum Gasteiger partial charge on any atom is -0.405 e. The number of benzene rings is 2. The van der Waals surface area contributed by atoms with Crippen molar-refractivity contribution >= 4 is 11.8 Å². The van der Waals surface area contributed by atoms with E-state index in [1.54, 1.807) is 18.3 Å². The fourth-order valence-corrected chi connectivity index (χ4v) is 4.31. The quantitative estimate of drug-likeness (QED) is 0.369. The van der Waals surface area contributed by atoms with Crippen LogP contribution in [0.1, 0.15) is 36.8 Å². The maximum absolute atomic E-state index is 12.7. The van der Waals surface area contributed by atoms with Crippen LogP contribution in [0.5, 0.6) is 5.75 Å². The van der Waals surface area contributed by atoms with Gasteiger partial charge in [0, 0.05) is 36.5 Å². The number of ether oxygens (including phenoxy) is 1. The van der Waals surface area contributed by atoms with Crippen LogP contribution in [-0.2, 0) is 6.54 Å². The summed E-state index contributed by atoms with van der Waals surface area (Å²) in [5.74, 6) is 1.26. The van der Waals surface area contributed by atoms with Crippen LogP contribution in [-0.4, -0.2) is 28.9 Å². The van der Waals surface area contributed by atoms with Crippen molar-refractivity contribution in [3.8, 4) is 16.9 Å². The number of hydrogen-bond donors (Lipinski definition) is 3. The summed E-state index contributed by atoms with van der Waals surface area (Å²) in [5.41, 5.74) is 9.38. The highest BCUT2D eigenvalue weighted by Gasteiger charge is 2.32. The Hall–Kier alpha value is -3.33. The Morgan fingerprint density at radius 2 is 1.80 bits per heavy atom. The first-order valence-electron chi connectivity index (χ1n) is 11.8. The highest BCUT2D eigenvalue weighted by molar-refractivity contribution is 5.75. The molecule has 0 radical (unpaired) electrons. The summed E-state index contributed by atoms with van der Waals surface area (Å²) in [6.45, 7) is 2.87. The maximum atomic E-state index is 12.7. The average molecular weight is 486 g/mol. The van der Waals surface area contributed by atoms with Gasteiger partial charge in [0.15, 0.2) is 0 Å². The number of hydrogen-bond acceptors (Lipinski definition) is 6. The third kappa shape index (κ3) is 7.08. The first kappa shape index (κ1) is 24.8. The van der Waals surface area contributed by atoms with Crippen molar-refractivity contribution in [1.29, 1.82) is 0 Å². The Balaban J connectivity index is 1.53. The van der Waals surface area contributed by atoms with Crippen molar-refractivity contribution in [2.24, 2.45) is 11.7 Å². The molecule has 0 aliphatic heterocycles. The number of anilines is 2. The summed E-state index contributed by atoms with van der Waals surface area (Å²) in [6.07, 6.45) is 1.16. The predicted molar refractivity (Wildman–Crippen MR) is 131 cm³/mol. The van der Waals surface area contributed by atoms with Crippen LogP contribution >= 0.6 is 0 Å². The number of nitrogens with one attached hydrogen (secondary N) is 2. The van der Waals surface area contributed by atoms with E-state index in [-0.39, 0.29) is 18.3 Å². The van der Waals surface area contributed by atoms with Gasteiger partial charge in [0.1, 0.15) is 11.6 Å². The molecule has 0 amide bonds. The highest BCUT2D eigenvalue weighted by atomic mass is 19.4. The van der Waals surface area contributed by atoms with Crippen LogP contribution in [0.25, 0.3) is 11.1 Å². The number of rotatable bonds is 8. The summed E-state index contributed by atoms with van der Waals surface area (Å²) in [4.78, 5) is 9.10. The van der Waals surface area contributed by atoms with E-state index in [1.165, 1.54) is 12.1 Å². The fourth-order valence-electron chi connectivity index (χ4n) is 4.31. The van der Waals surface area contributed by atoms with Gasteiger partial charge in [-0.3, -0.25) is 0 Å². The third-order valence-corrected chi connectivity index (χ3v) is 6.20. The lowest BCUT2D eigenvalue weighted by Gasteiger charge is -2.26. The SMILES string of the molecule is Cc1cccc(-c2cnc(NCc3ccccc3OC(F)(F)F)nc2NCC2CCC(N)CC2)c1. The van der Waals surface area contributed by atoms with Crippen molar-refractivity contribution < 1.29 is 17.9 Å². The van der Waals surface area contributed by atoms with Crippen molar-refractivity contribution in [2.75, 3.05) is 17.2 Å². The predicted octanol–water partition coefficient (Wildman–Crippen LogP) is 5.89. The maximum Gasteiger partial charge on any atom is 0.573 e. The van der Waals surface area contributed by atoms with Gasteiger partial charge in [0.25, 0.3) is 0 Å². The minimum absolute atomic E-state index is 0.0794.